The molecule has 1 atom stereocenters. The zero-order valence-corrected chi connectivity index (χ0v) is 16.6. The Morgan fingerprint density at radius 3 is 3.00 bits per heavy atom. The highest BCUT2D eigenvalue weighted by molar-refractivity contribution is 5.94. The summed E-state index contributed by atoms with van der Waals surface area (Å²) in [6.45, 7) is 3.46. The molecule has 1 amide bonds. The summed E-state index contributed by atoms with van der Waals surface area (Å²) in [6.07, 6.45) is 9.32. The van der Waals surface area contributed by atoms with Crippen molar-refractivity contribution in [3.63, 3.8) is 0 Å². The van der Waals surface area contributed by atoms with E-state index in [1.54, 1.807) is 0 Å². The number of hydrogen-bond donors (Lipinski definition) is 1. The smallest absolute Gasteiger partial charge is 0.274 e. The zero-order valence-electron chi connectivity index (χ0n) is 16.6. The van der Waals surface area contributed by atoms with E-state index in [4.69, 9.17) is 4.98 Å². The highest BCUT2D eigenvalue weighted by Crippen LogP contribution is 2.29. The SMILES string of the molecule is CN1CCc2nc(C3CCCN(C(=O)c4n[nH]c5c4CCCC5)C3)ncc2C1. The van der Waals surface area contributed by atoms with Crippen LogP contribution in [0.4, 0.5) is 0 Å². The van der Waals surface area contributed by atoms with Crippen LogP contribution in [0, 0.1) is 0 Å². The molecule has 28 heavy (non-hydrogen) atoms. The number of nitrogens with zero attached hydrogens (tertiary/aromatic N) is 5. The number of piperidine rings is 1. The minimum atomic E-state index is 0.0729. The molecule has 0 saturated carbocycles. The molecule has 2 aromatic rings. The third-order valence-corrected chi connectivity index (χ3v) is 6.48. The van der Waals surface area contributed by atoms with Crippen LogP contribution in [0.3, 0.4) is 0 Å². The first-order chi connectivity index (χ1) is 13.7. The number of fused-ring (bicyclic) bond motifs is 2. The van der Waals surface area contributed by atoms with E-state index in [0.29, 0.717) is 12.2 Å². The largest absolute Gasteiger partial charge is 0.337 e. The minimum Gasteiger partial charge on any atom is -0.337 e. The van der Waals surface area contributed by atoms with Gasteiger partial charge in [-0.1, -0.05) is 0 Å². The average molecular weight is 380 g/mol. The second kappa shape index (κ2) is 7.28. The van der Waals surface area contributed by atoms with Gasteiger partial charge in [-0.05, 0) is 45.6 Å². The molecular weight excluding hydrogens is 352 g/mol. The number of carbonyl (C=O) groups excluding carboxylic acids is 1. The number of aryl methyl sites for hydroxylation is 1. The highest BCUT2D eigenvalue weighted by atomic mass is 16.2. The molecule has 1 saturated heterocycles. The van der Waals surface area contributed by atoms with Gasteiger partial charge in [0.1, 0.15) is 5.82 Å². The van der Waals surface area contributed by atoms with Crippen LogP contribution in [-0.4, -0.2) is 62.6 Å². The molecule has 1 aliphatic carbocycles. The van der Waals surface area contributed by atoms with Crippen LogP contribution in [0.15, 0.2) is 6.20 Å². The van der Waals surface area contributed by atoms with Gasteiger partial charge in [-0.2, -0.15) is 5.10 Å². The number of hydrogen-bond acceptors (Lipinski definition) is 5. The molecular formula is C21H28N6O. The average Bonchev–Trinajstić information content (AvgIpc) is 3.17. The lowest BCUT2D eigenvalue weighted by molar-refractivity contribution is 0.0697. The Bertz CT molecular complexity index is 891. The number of H-pyrrole nitrogens is 1. The monoisotopic (exact) mass is 380 g/mol. The van der Waals surface area contributed by atoms with E-state index in [9.17, 15) is 4.79 Å². The van der Waals surface area contributed by atoms with Crippen molar-refractivity contribution in [2.24, 2.45) is 0 Å². The number of aromatic nitrogens is 4. The van der Waals surface area contributed by atoms with E-state index in [2.05, 4.69) is 27.1 Å². The summed E-state index contributed by atoms with van der Waals surface area (Å²) >= 11 is 0. The number of rotatable bonds is 2. The molecule has 148 valence electrons. The van der Waals surface area contributed by atoms with Crippen LogP contribution in [0.5, 0.6) is 0 Å². The van der Waals surface area contributed by atoms with Gasteiger partial charge in [0.15, 0.2) is 5.69 Å². The zero-order chi connectivity index (χ0) is 19.1. The van der Waals surface area contributed by atoms with Gasteiger partial charge in [-0.25, -0.2) is 9.97 Å². The summed E-state index contributed by atoms with van der Waals surface area (Å²) in [5.74, 6) is 1.20. The van der Waals surface area contributed by atoms with E-state index >= 15 is 0 Å². The second-order valence-corrected chi connectivity index (χ2v) is 8.51. The standard InChI is InChI=1S/C21H28N6O/c1-26-10-8-17-15(12-26)11-22-20(23-17)14-5-4-9-27(13-14)21(28)19-16-6-2-3-7-18(16)24-25-19/h11,14H,2-10,12-13H2,1H3,(H,24,25). The van der Waals surface area contributed by atoms with E-state index in [0.717, 1.165) is 75.2 Å². The first-order valence-electron chi connectivity index (χ1n) is 10.6. The molecule has 7 nitrogen and oxygen atoms in total. The van der Waals surface area contributed by atoms with Crippen molar-refractivity contribution in [2.45, 2.75) is 57.4 Å². The summed E-state index contributed by atoms with van der Waals surface area (Å²) < 4.78 is 0. The first-order valence-corrected chi connectivity index (χ1v) is 10.6. The quantitative estimate of drug-likeness (QED) is 0.863. The Labute approximate surface area is 165 Å². The second-order valence-electron chi connectivity index (χ2n) is 8.51. The molecule has 1 fully saturated rings. The van der Waals surface area contributed by atoms with Crippen molar-refractivity contribution in [1.29, 1.82) is 0 Å². The van der Waals surface area contributed by atoms with Gasteiger partial charge in [0.05, 0.1) is 0 Å². The molecule has 4 heterocycles. The predicted octanol–water partition coefficient (Wildman–Crippen LogP) is 2.09. The van der Waals surface area contributed by atoms with E-state index in [1.165, 1.54) is 17.7 Å². The number of likely N-dealkylation sites (N-methyl/N-ethyl adjacent to an activating group) is 1. The van der Waals surface area contributed by atoms with Crippen molar-refractivity contribution in [1.82, 2.24) is 30.0 Å². The molecule has 0 bridgehead atoms. The Hall–Kier alpha value is -2.28. The fourth-order valence-corrected chi connectivity index (χ4v) is 4.85. The van der Waals surface area contributed by atoms with Gasteiger partial charge in [-0.15, -0.1) is 0 Å². The maximum absolute atomic E-state index is 13.2. The first kappa shape index (κ1) is 17.8. The van der Waals surface area contributed by atoms with E-state index in [1.807, 2.05) is 11.1 Å². The lowest BCUT2D eigenvalue weighted by atomic mass is 9.94. The van der Waals surface area contributed by atoms with Crippen molar-refractivity contribution < 1.29 is 4.79 Å². The molecule has 2 aromatic heterocycles. The predicted molar refractivity (Wildman–Crippen MR) is 105 cm³/mol. The molecule has 0 aromatic carbocycles. The fourth-order valence-electron chi connectivity index (χ4n) is 4.85. The Morgan fingerprint density at radius 2 is 2.07 bits per heavy atom. The lowest BCUT2D eigenvalue weighted by Gasteiger charge is -2.32. The van der Waals surface area contributed by atoms with Gasteiger partial charge >= 0.3 is 0 Å². The van der Waals surface area contributed by atoms with Gasteiger partial charge in [-0.3, -0.25) is 9.89 Å². The van der Waals surface area contributed by atoms with Gasteiger partial charge in [0.25, 0.3) is 5.91 Å². The molecule has 2 aliphatic heterocycles. The summed E-state index contributed by atoms with van der Waals surface area (Å²) in [7, 11) is 2.13. The van der Waals surface area contributed by atoms with E-state index < -0.39 is 0 Å². The van der Waals surface area contributed by atoms with Gasteiger partial charge in [0, 0.05) is 67.2 Å². The lowest BCUT2D eigenvalue weighted by Crippen LogP contribution is -2.40. The van der Waals surface area contributed by atoms with Crippen LogP contribution in [0.1, 0.15) is 70.4 Å². The van der Waals surface area contributed by atoms with Crippen molar-refractivity contribution in [3.8, 4) is 0 Å². The number of aromatic amines is 1. The van der Waals surface area contributed by atoms with Crippen LogP contribution in [0.25, 0.3) is 0 Å². The minimum absolute atomic E-state index is 0.0729. The fraction of sp³-hybridized carbons (Fsp3) is 0.619. The molecule has 0 radical (unpaired) electrons. The van der Waals surface area contributed by atoms with Crippen LogP contribution < -0.4 is 0 Å². The summed E-state index contributed by atoms with van der Waals surface area (Å²) in [6, 6.07) is 0. The third kappa shape index (κ3) is 3.21. The third-order valence-electron chi connectivity index (χ3n) is 6.48. The number of carbonyl (C=O) groups is 1. The number of nitrogens with one attached hydrogen (secondary N) is 1. The molecule has 0 spiro atoms. The Balaban J connectivity index is 1.34. The highest BCUT2D eigenvalue weighted by Gasteiger charge is 2.31. The molecule has 1 N–H and O–H groups in total. The molecule has 7 heteroatoms. The molecule has 5 rings (SSSR count). The van der Waals surface area contributed by atoms with Crippen LogP contribution >= 0.6 is 0 Å². The summed E-state index contributed by atoms with van der Waals surface area (Å²) in [5.41, 5.74) is 5.38. The van der Waals surface area contributed by atoms with Crippen LogP contribution in [0.2, 0.25) is 0 Å². The van der Waals surface area contributed by atoms with E-state index in [-0.39, 0.29) is 11.8 Å². The van der Waals surface area contributed by atoms with Gasteiger partial charge < -0.3 is 9.80 Å². The van der Waals surface area contributed by atoms with Gasteiger partial charge in [0.2, 0.25) is 0 Å². The number of amides is 1. The number of likely N-dealkylation sites (tertiary alicyclic amines) is 1. The van der Waals surface area contributed by atoms with Crippen molar-refractivity contribution >= 4 is 5.91 Å². The topological polar surface area (TPSA) is 78.0 Å². The maximum atomic E-state index is 13.2. The normalized spacial score (nSPS) is 22.6. The summed E-state index contributed by atoms with van der Waals surface area (Å²) in [4.78, 5) is 27.0. The Morgan fingerprint density at radius 1 is 1.18 bits per heavy atom. The van der Waals surface area contributed by atoms with Crippen molar-refractivity contribution in [3.05, 3.63) is 40.2 Å². The van der Waals surface area contributed by atoms with Crippen LogP contribution in [-0.2, 0) is 25.8 Å². The maximum Gasteiger partial charge on any atom is 0.274 e. The molecule has 3 aliphatic rings. The Kier molecular flexibility index (Phi) is 4.62. The van der Waals surface area contributed by atoms with Crippen molar-refractivity contribution in [2.75, 3.05) is 26.7 Å². The summed E-state index contributed by atoms with van der Waals surface area (Å²) in [5, 5.41) is 7.48. The molecule has 1 unspecified atom stereocenters.